The van der Waals surface area contributed by atoms with Crippen LogP contribution in [0.3, 0.4) is 0 Å². The Hall–Kier alpha value is -0.750. The lowest BCUT2D eigenvalue weighted by atomic mass is 10.3. The molecule has 1 aromatic rings. The van der Waals surface area contributed by atoms with E-state index in [1.807, 2.05) is 10.9 Å². The van der Waals surface area contributed by atoms with Gasteiger partial charge in [0.2, 0.25) is 0 Å². The standard InChI is InChI=1S/C22H44N4O5S/c1-4-5-6-19-32-22-20-26(25-24-22)8-10-28-12-14-30-16-18-31-17-15-29-13-11-27-9-7-23-21(2)3/h20-21,23H,4-19H2,1-3H3. The summed E-state index contributed by atoms with van der Waals surface area (Å²) in [5, 5.41) is 12.6. The Morgan fingerprint density at radius 3 is 1.97 bits per heavy atom. The van der Waals surface area contributed by atoms with Gasteiger partial charge in [0.05, 0.1) is 78.8 Å². The highest BCUT2D eigenvalue weighted by molar-refractivity contribution is 7.99. The average Bonchev–Trinajstić information content (AvgIpc) is 3.23. The Bertz CT molecular complexity index is 522. The Balaban J connectivity index is 1.76. The fraction of sp³-hybridized carbons (Fsp3) is 0.909. The number of hydrogen-bond donors (Lipinski definition) is 1. The van der Waals surface area contributed by atoms with Crippen molar-refractivity contribution in [2.75, 3.05) is 78.4 Å². The summed E-state index contributed by atoms with van der Waals surface area (Å²) in [7, 11) is 0. The molecule has 0 unspecified atom stereocenters. The molecule has 32 heavy (non-hydrogen) atoms. The van der Waals surface area contributed by atoms with Crippen molar-refractivity contribution in [3.05, 3.63) is 6.20 Å². The van der Waals surface area contributed by atoms with Crippen LogP contribution in [0.4, 0.5) is 0 Å². The highest BCUT2D eigenvalue weighted by Crippen LogP contribution is 2.16. The monoisotopic (exact) mass is 476 g/mol. The fourth-order valence-corrected chi connectivity index (χ4v) is 3.39. The number of ether oxygens (including phenoxy) is 5. The molecule has 0 saturated heterocycles. The number of hydrogen-bond acceptors (Lipinski definition) is 9. The average molecular weight is 477 g/mol. The number of nitrogens with zero attached hydrogens (tertiary/aromatic N) is 3. The van der Waals surface area contributed by atoms with E-state index in [-0.39, 0.29) is 0 Å². The van der Waals surface area contributed by atoms with Crippen LogP contribution in [0.1, 0.15) is 40.0 Å². The van der Waals surface area contributed by atoms with E-state index in [1.165, 1.54) is 19.3 Å². The molecule has 9 nitrogen and oxygen atoms in total. The molecule has 10 heteroatoms. The van der Waals surface area contributed by atoms with Gasteiger partial charge >= 0.3 is 0 Å². The lowest BCUT2D eigenvalue weighted by Gasteiger charge is -2.09. The molecule has 0 aliphatic heterocycles. The first-order chi connectivity index (χ1) is 15.7. The van der Waals surface area contributed by atoms with Crippen LogP contribution in [0.5, 0.6) is 0 Å². The molecule has 0 aliphatic carbocycles. The number of nitrogens with one attached hydrogen (secondary N) is 1. The van der Waals surface area contributed by atoms with Crippen molar-refractivity contribution >= 4 is 11.8 Å². The predicted molar refractivity (Wildman–Crippen MR) is 128 cm³/mol. The minimum Gasteiger partial charge on any atom is -0.378 e. The van der Waals surface area contributed by atoms with Gasteiger partial charge in [-0.1, -0.05) is 38.8 Å². The minimum absolute atomic E-state index is 0.492. The van der Waals surface area contributed by atoms with Gasteiger partial charge in [0.1, 0.15) is 5.03 Å². The van der Waals surface area contributed by atoms with Gasteiger partial charge in [0.25, 0.3) is 0 Å². The van der Waals surface area contributed by atoms with Gasteiger partial charge in [-0.25, -0.2) is 4.68 Å². The summed E-state index contributed by atoms with van der Waals surface area (Å²) < 4.78 is 29.3. The number of rotatable bonds is 24. The number of thioether (sulfide) groups is 1. The lowest BCUT2D eigenvalue weighted by molar-refractivity contribution is -0.0114. The third kappa shape index (κ3) is 18.8. The van der Waals surface area contributed by atoms with E-state index in [0.29, 0.717) is 78.7 Å². The van der Waals surface area contributed by atoms with Crippen molar-refractivity contribution in [1.29, 1.82) is 0 Å². The first kappa shape index (κ1) is 29.3. The van der Waals surface area contributed by atoms with Gasteiger partial charge in [-0.2, -0.15) is 0 Å². The fourth-order valence-electron chi connectivity index (χ4n) is 2.54. The maximum Gasteiger partial charge on any atom is 0.138 e. The first-order valence-electron chi connectivity index (χ1n) is 11.9. The second-order valence-corrected chi connectivity index (χ2v) is 8.66. The predicted octanol–water partition coefficient (Wildman–Crippen LogP) is 2.64. The summed E-state index contributed by atoms with van der Waals surface area (Å²) in [6, 6.07) is 0.492. The van der Waals surface area contributed by atoms with E-state index in [1.54, 1.807) is 11.8 Å². The molecule has 1 heterocycles. The Labute approximate surface area is 198 Å². The van der Waals surface area contributed by atoms with Gasteiger partial charge < -0.3 is 29.0 Å². The number of unbranched alkanes of at least 4 members (excludes halogenated alkanes) is 2. The maximum absolute atomic E-state index is 5.58. The molecule has 1 N–H and O–H groups in total. The largest absolute Gasteiger partial charge is 0.378 e. The molecule has 1 rings (SSSR count). The van der Waals surface area contributed by atoms with E-state index >= 15 is 0 Å². The number of aromatic nitrogens is 3. The Morgan fingerprint density at radius 2 is 1.41 bits per heavy atom. The highest BCUT2D eigenvalue weighted by atomic mass is 32.2. The van der Waals surface area contributed by atoms with Gasteiger partial charge in [-0.3, -0.25) is 0 Å². The van der Waals surface area contributed by atoms with Gasteiger partial charge in [-0.15, -0.1) is 16.9 Å². The molecule has 0 fully saturated rings. The van der Waals surface area contributed by atoms with E-state index < -0.39 is 0 Å². The van der Waals surface area contributed by atoms with Crippen LogP contribution in [0.2, 0.25) is 0 Å². The van der Waals surface area contributed by atoms with E-state index in [0.717, 1.165) is 17.3 Å². The third-order valence-corrected chi connectivity index (χ3v) is 5.24. The van der Waals surface area contributed by atoms with Crippen molar-refractivity contribution in [3.8, 4) is 0 Å². The molecular formula is C22H44N4O5S. The zero-order valence-electron chi connectivity index (χ0n) is 20.3. The Kier molecular flexibility index (Phi) is 20.2. The summed E-state index contributed by atoms with van der Waals surface area (Å²) in [6.45, 7) is 13.9. The minimum atomic E-state index is 0.492. The van der Waals surface area contributed by atoms with Crippen molar-refractivity contribution in [3.63, 3.8) is 0 Å². The molecule has 0 bridgehead atoms. The van der Waals surface area contributed by atoms with Gasteiger partial charge in [0, 0.05) is 12.6 Å². The van der Waals surface area contributed by atoms with E-state index in [2.05, 4.69) is 36.4 Å². The van der Waals surface area contributed by atoms with Crippen LogP contribution in [0.15, 0.2) is 11.2 Å². The molecule has 0 spiro atoms. The quantitative estimate of drug-likeness (QED) is 0.179. The molecule has 0 radical (unpaired) electrons. The summed E-state index contributed by atoms with van der Waals surface area (Å²) in [4.78, 5) is 0. The second kappa shape index (κ2) is 22.1. The molecular weight excluding hydrogens is 432 g/mol. The molecule has 0 amide bonds. The molecule has 1 aromatic heterocycles. The SMILES string of the molecule is CCCCCSc1cn(CCOCCOCCOCCOCCOCCNC(C)C)nn1. The molecule has 0 aromatic carbocycles. The van der Waals surface area contributed by atoms with Gasteiger partial charge in [-0.05, 0) is 12.2 Å². The van der Waals surface area contributed by atoms with Crippen LogP contribution in [0.25, 0.3) is 0 Å². The molecule has 0 aliphatic rings. The van der Waals surface area contributed by atoms with Crippen molar-refractivity contribution in [2.45, 2.75) is 57.6 Å². The third-order valence-electron chi connectivity index (χ3n) is 4.27. The summed E-state index contributed by atoms with van der Waals surface area (Å²) in [6.07, 6.45) is 5.72. The van der Waals surface area contributed by atoms with Crippen LogP contribution in [-0.4, -0.2) is 99.4 Å². The van der Waals surface area contributed by atoms with Crippen LogP contribution < -0.4 is 5.32 Å². The van der Waals surface area contributed by atoms with Crippen molar-refractivity contribution in [2.24, 2.45) is 0 Å². The van der Waals surface area contributed by atoms with Crippen LogP contribution in [0, 0.1) is 0 Å². The van der Waals surface area contributed by atoms with Crippen LogP contribution in [-0.2, 0) is 30.2 Å². The van der Waals surface area contributed by atoms with Crippen molar-refractivity contribution in [1.82, 2.24) is 20.3 Å². The summed E-state index contributed by atoms with van der Waals surface area (Å²) >= 11 is 1.76. The zero-order valence-corrected chi connectivity index (χ0v) is 21.1. The zero-order chi connectivity index (χ0) is 23.1. The lowest BCUT2D eigenvalue weighted by Crippen LogP contribution is -2.27. The smallest absolute Gasteiger partial charge is 0.138 e. The van der Waals surface area contributed by atoms with Gasteiger partial charge in [0.15, 0.2) is 0 Å². The van der Waals surface area contributed by atoms with E-state index in [9.17, 15) is 0 Å². The summed E-state index contributed by atoms with van der Waals surface area (Å²) in [5.41, 5.74) is 0. The normalized spacial score (nSPS) is 11.6. The Morgan fingerprint density at radius 1 is 0.844 bits per heavy atom. The molecule has 0 atom stereocenters. The second-order valence-electron chi connectivity index (χ2n) is 7.55. The topological polar surface area (TPSA) is 88.9 Å². The first-order valence-corrected chi connectivity index (χ1v) is 12.9. The summed E-state index contributed by atoms with van der Waals surface area (Å²) in [5.74, 6) is 1.10. The van der Waals surface area contributed by atoms with Crippen LogP contribution >= 0.6 is 11.8 Å². The molecule has 188 valence electrons. The highest BCUT2D eigenvalue weighted by Gasteiger charge is 2.01. The van der Waals surface area contributed by atoms with Crippen molar-refractivity contribution < 1.29 is 23.7 Å². The molecule has 0 saturated carbocycles. The van der Waals surface area contributed by atoms with E-state index in [4.69, 9.17) is 23.7 Å². The maximum atomic E-state index is 5.58.